The van der Waals surface area contributed by atoms with Gasteiger partial charge in [-0.2, -0.15) is 0 Å². The monoisotopic (exact) mass is 953 g/mol. The Balaban J connectivity index is 0.000000143. The zero-order valence-electron chi connectivity index (χ0n) is 33.0. The van der Waals surface area contributed by atoms with Crippen molar-refractivity contribution >= 4 is 88.1 Å². The van der Waals surface area contributed by atoms with Gasteiger partial charge in [0.1, 0.15) is 11.3 Å². The second-order valence-electron chi connectivity index (χ2n) is 15.0. The number of furan rings is 1. The second-order valence-corrected chi connectivity index (χ2v) is 15.0. The summed E-state index contributed by atoms with van der Waals surface area (Å²) in [5.41, 5.74) is 10.2. The summed E-state index contributed by atoms with van der Waals surface area (Å²) in [5.74, 6) is 0.861. The molecule has 0 fully saturated rings. The molecule has 1 unspecified atom stereocenters. The number of hydrogen-bond donors (Lipinski definition) is 0. The van der Waals surface area contributed by atoms with Gasteiger partial charge >= 0.3 is 0 Å². The van der Waals surface area contributed by atoms with E-state index in [2.05, 4.69) is 148 Å². The van der Waals surface area contributed by atoms with Crippen LogP contribution >= 0.6 is 0 Å². The van der Waals surface area contributed by atoms with Gasteiger partial charge in [-0.3, -0.25) is 9.98 Å². The second kappa shape index (κ2) is 15.0. The Morgan fingerprint density at radius 1 is 0.650 bits per heavy atom. The Bertz CT molecular complexity index is 3510. The molecule has 3 aromatic heterocycles. The summed E-state index contributed by atoms with van der Waals surface area (Å²) in [5, 5.41) is 12.1. The van der Waals surface area contributed by atoms with Crippen molar-refractivity contribution < 1.29 is 29.3 Å². The van der Waals surface area contributed by atoms with Gasteiger partial charge < -0.3 is 18.7 Å². The SMILES string of the molecule is CC1N=CN=C1c1[c-]c2oc3cc4c5ccccc5c5ccccc5c4cc3c2cc1.COc1ccc(-c2cccc3c4cc[c-]c(-c5ccccn5)c4n(C)c23)cc1.[Ir]. The van der Waals surface area contributed by atoms with Crippen LogP contribution in [0.5, 0.6) is 5.75 Å². The molecule has 6 nitrogen and oxygen atoms in total. The number of hydrogen-bond acceptors (Lipinski definition) is 5. The van der Waals surface area contributed by atoms with E-state index in [1.165, 1.54) is 59.7 Å². The third-order valence-electron chi connectivity index (χ3n) is 11.7. The van der Waals surface area contributed by atoms with E-state index in [0.717, 1.165) is 55.7 Å². The van der Waals surface area contributed by atoms with Crippen molar-refractivity contribution in [3.63, 3.8) is 0 Å². The van der Waals surface area contributed by atoms with Gasteiger partial charge in [-0.25, -0.2) is 0 Å². The molecule has 7 heteroatoms. The van der Waals surface area contributed by atoms with Crippen LogP contribution in [0.25, 0.3) is 98.4 Å². The summed E-state index contributed by atoms with van der Waals surface area (Å²) in [6, 6.07) is 57.6. The van der Waals surface area contributed by atoms with Gasteiger partial charge in [-0.15, -0.1) is 41.5 Å². The van der Waals surface area contributed by atoms with Gasteiger partial charge in [-0.05, 0) is 96.8 Å². The fourth-order valence-electron chi connectivity index (χ4n) is 8.92. The van der Waals surface area contributed by atoms with E-state index in [1.807, 2.05) is 49.5 Å². The minimum absolute atomic E-state index is 0. The van der Waals surface area contributed by atoms with Crippen molar-refractivity contribution in [3.8, 4) is 28.1 Å². The van der Waals surface area contributed by atoms with E-state index in [1.54, 1.807) is 13.4 Å². The van der Waals surface area contributed by atoms with E-state index < -0.39 is 0 Å². The van der Waals surface area contributed by atoms with Crippen LogP contribution in [0.2, 0.25) is 0 Å². The van der Waals surface area contributed by atoms with Gasteiger partial charge in [0.15, 0.2) is 0 Å². The quantitative estimate of drug-likeness (QED) is 0.130. The molecule has 1 aliphatic rings. The van der Waals surface area contributed by atoms with Crippen LogP contribution in [0.1, 0.15) is 12.5 Å². The van der Waals surface area contributed by atoms with Crippen LogP contribution in [0, 0.1) is 12.1 Å². The Labute approximate surface area is 359 Å². The van der Waals surface area contributed by atoms with Crippen LogP contribution in [-0.2, 0) is 27.2 Å². The molecule has 11 aromatic rings. The molecule has 1 aliphatic heterocycles. The standard InChI is InChI=1S/C28H17N2O.C25H19N2O.Ir/c1-16-28(30-15-29-16)17-10-11-22-25-13-23-20-8-4-2-6-18(20)19-7-3-5-9-21(19)24(23)14-27(25)31-26(22)12-17;1-27-24-19(17-12-14-18(28-2)15-13-17)7-5-8-20(24)21-9-6-10-22(25(21)27)23-11-3-4-16-26-23;/h2-11,13-16H,1H3;3-9,11-16H,1-2H3;/q2*-1;. The van der Waals surface area contributed by atoms with Crippen LogP contribution in [0.15, 0.2) is 166 Å². The molecule has 1 atom stereocenters. The fourth-order valence-corrected chi connectivity index (χ4v) is 8.92. The maximum absolute atomic E-state index is 6.31. The first kappa shape index (κ1) is 37.4. The van der Waals surface area contributed by atoms with Crippen molar-refractivity contribution in [1.29, 1.82) is 0 Å². The Morgan fingerprint density at radius 2 is 1.33 bits per heavy atom. The molecule has 4 heterocycles. The first-order chi connectivity index (χ1) is 29.1. The van der Waals surface area contributed by atoms with Gasteiger partial charge in [0.05, 0.1) is 25.1 Å². The first-order valence-corrected chi connectivity index (χ1v) is 19.7. The van der Waals surface area contributed by atoms with Crippen molar-refractivity contribution in [2.45, 2.75) is 13.0 Å². The van der Waals surface area contributed by atoms with E-state index in [4.69, 9.17) is 9.15 Å². The maximum atomic E-state index is 6.31. The Morgan fingerprint density at radius 3 is 2.02 bits per heavy atom. The number of aryl methyl sites for hydroxylation is 1. The number of para-hydroxylation sites is 1. The summed E-state index contributed by atoms with van der Waals surface area (Å²) in [7, 11) is 3.81. The van der Waals surface area contributed by atoms with E-state index >= 15 is 0 Å². The molecule has 0 spiro atoms. The largest absolute Gasteiger partial charge is 0.497 e. The Kier molecular flexibility index (Phi) is 9.36. The van der Waals surface area contributed by atoms with Gasteiger partial charge in [-0.1, -0.05) is 114 Å². The topological polar surface area (TPSA) is 64.9 Å². The molecule has 291 valence electrons. The predicted octanol–water partition coefficient (Wildman–Crippen LogP) is 12.9. The number of methoxy groups -OCH3 is 1. The van der Waals surface area contributed by atoms with Crippen molar-refractivity contribution in [2.75, 3.05) is 7.11 Å². The number of rotatable bonds is 4. The van der Waals surface area contributed by atoms with E-state index in [9.17, 15) is 0 Å². The molecular formula is C53H36IrN4O2-2. The maximum Gasteiger partial charge on any atom is 0.124 e. The Hall–Kier alpha value is -6.92. The number of benzene rings is 8. The van der Waals surface area contributed by atoms with Gasteiger partial charge in [0.2, 0.25) is 0 Å². The average molecular weight is 953 g/mol. The molecule has 0 N–H and O–H groups in total. The number of ether oxygens (including phenoxy) is 1. The summed E-state index contributed by atoms with van der Waals surface area (Å²) >= 11 is 0. The number of nitrogens with zero attached hydrogens (tertiary/aromatic N) is 4. The minimum Gasteiger partial charge on any atom is -0.497 e. The van der Waals surface area contributed by atoms with Crippen LogP contribution in [0.4, 0.5) is 0 Å². The smallest absolute Gasteiger partial charge is 0.124 e. The zero-order chi connectivity index (χ0) is 39.6. The van der Waals surface area contributed by atoms with E-state index in [0.29, 0.717) is 0 Å². The summed E-state index contributed by atoms with van der Waals surface area (Å²) in [6.07, 6.45) is 3.45. The third-order valence-corrected chi connectivity index (χ3v) is 11.7. The molecule has 8 aromatic carbocycles. The first-order valence-electron chi connectivity index (χ1n) is 19.7. The summed E-state index contributed by atoms with van der Waals surface area (Å²) in [4.78, 5) is 13.3. The molecule has 0 bridgehead atoms. The van der Waals surface area contributed by atoms with Gasteiger partial charge in [0.25, 0.3) is 0 Å². The predicted molar refractivity (Wildman–Crippen MR) is 244 cm³/mol. The third kappa shape index (κ3) is 6.00. The van der Waals surface area contributed by atoms with Gasteiger partial charge in [0, 0.05) is 44.4 Å². The summed E-state index contributed by atoms with van der Waals surface area (Å²) in [6.45, 7) is 2.04. The number of pyridine rings is 1. The van der Waals surface area contributed by atoms with Crippen LogP contribution in [0.3, 0.4) is 0 Å². The van der Waals surface area contributed by atoms with E-state index in [-0.39, 0.29) is 26.1 Å². The number of aromatic nitrogens is 2. The van der Waals surface area contributed by atoms with Crippen LogP contribution in [-0.4, -0.2) is 34.8 Å². The molecule has 0 saturated carbocycles. The van der Waals surface area contributed by atoms with Crippen LogP contribution < -0.4 is 4.74 Å². The normalized spacial score (nSPS) is 13.7. The zero-order valence-corrected chi connectivity index (χ0v) is 35.4. The number of fused-ring (bicyclic) bond motifs is 12. The molecule has 1 radical (unpaired) electrons. The molecule has 0 amide bonds. The molecule has 60 heavy (non-hydrogen) atoms. The fraction of sp³-hybridized carbons (Fsp3) is 0.0755. The average Bonchev–Trinajstić information content (AvgIpc) is 3.98. The number of aliphatic imine (C=N–C) groups is 2. The minimum atomic E-state index is 0. The van der Waals surface area contributed by atoms with Crippen molar-refractivity contribution in [1.82, 2.24) is 9.55 Å². The molecule has 12 rings (SSSR count). The molecule has 0 aliphatic carbocycles. The van der Waals surface area contributed by atoms with Crippen molar-refractivity contribution in [2.24, 2.45) is 17.0 Å². The summed E-state index contributed by atoms with van der Waals surface area (Å²) < 4.78 is 13.9. The van der Waals surface area contributed by atoms with Crippen molar-refractivity contribution in [3.05, 3.63) is 169 Å². The molecule has 0 saturated heterocycles. The molecular weight excluding hydrogens is 917 g/mol.